The summed E-state index contributed by atoms with van der Waals surface area (Å²) in [5.74, 6) is 0. The first-order valence-electron chi connectivity index (χ1n) is 6.54. The molecule has 2 atom stereocenters. The molecule has 0 aromatic rings. The minimum atomic E-state index is -1.03. The first-order valence-corrected chi connectivity index (χ1v) is 15.5. The number of hydrogen-bond donors (Lipinski definition) is 0. The van der Waals surface area contributed by atoms with Crippen LogP contribution >= 0.6 is 31.9 Å². The van der Waals surface area contributed by atoms with Gasteiger partial charge in [0.2, 0.25) is 0 Å². The molecule has 1 aliphatic rings. The van der Waals surface area contributed by atoms with E-state index in [2.05, 4.69) is 85.0 Å². The number of alkyl halides is 2. The molecule has 0 nitrogen and oxygen atoms in total. The lowest BCUT2D eigenvalue weighted by molar-refractivity contribution is 0.447. The second-order valence-electron chi connectivity index (χ2n) is 8.71. The summed E-state index contributed by atoms with van der Waals surface area (Å²) >= 11 is 8.00. The molecule has 0 spiro atoms. The highest BCUT2D eigenvalue weighted by Gasteiger charge is 2.80. The second-order valence-corrected chi connectivity index (χ2v) is 23.1. The molecule has 0 radical (unpaired) electrons. The zero-order chi connectivity index (χ0) is 13.9. The lowest BCUT2D eigenvalue weighted by Gasteiger charge is -2.28. The third kappa shape index (κ3) is 2.80. The van der Waals surface area contributed by atoms with Crippen LogP contribution in [-0.4, -0.2) is 19.4 Å². The van der Waals surface area contributed by atoms with E-state index in [9.17, 15) is 0 Å². The summed E-state index contributed by atoms with van der Waals surface area (Å²) in [6.45, 7) is 19.9. The summed E-state index contributed by atoms with van der Waals surface area (Å²) in [7, 11) is -2.06. The van der Waals surface area contributed by atoms with Crippen LogP contribution in [0.4, 0.5) is 0 Å². The van der Waals surface area contributed by atoms with Crippen molar-refractivity contribution in [3.05, 3.63) is 0 Å². The summed E-state index contributed by atoms with van der Waals surface area (Å²) < 4.78 is 0.167. The first kappa shape index (κ1) is 16.4. The number of rotatable bonds is 4. The fourth-order valence-corrected chi connectivity index (χ4v) is 12.4. The summed E-state index contributed by atoms with van der Waals surface area (Å²) in [6.07, 6.45) is 0. The van der Waals surface area contributed by atoms with Gasteiger partial charge < -0.3 is 0 Å². The van der Waals surface area contributed by atoms with Crippen LogP contribution in [0.3, 0.4) is 0 Å². The highest BCUT2D eigenvalue weighted by atomic mass is 79.9. The van der Waals surface area contributed by atoms with Crippen LogP contribution in [0.1, 0.15) is 13.8 Å². The average Bonchev–Trinajstić information content (AvgIpc) is 2.22. The molecule has 1 rings (SSSR count). The Bertz CT molecular complexity index is 284. The van der Waals surface area contributed by atoms with Gasteiger partial charge in [0.1, 0.15) is 0 Å². The maximum absolute atomic E-state index is 4.00. The van der Waals surface area contributed by atoms with Gasteiger partial charge in [-0.3, -0.25) is 0 Å². The van der Waals surface area contributed by atoms with Crippen molar-refractivity contribution < 1.29 is 0 Å². The van der Waals surface area contributed by atoms with Gasteiger partial charge in [-0.1, -0.05) is 85.0 Å². The topological polar surface area (TPSA) is 0 Å². The van der Waals surface area contributed by atoms with E-state index < -0.39 is 16.1 Å². The Morgan fingerprint density at radius 1 is 0.706 bits per heavy atom. The van der Waals surface area contributed by atoms with Crippen molar-refractivity contribution in [2.45, 2.75) is 68.5 Å². The van der Waals surface area contributed by atoms with E-state index in [1.54, 1.807) is 0 Å². The van der Waals surface area contributed by atoms with Gasteiger partial charge in [-0.05, 0) is 22.9 Å². The molecule has 0 aliphatic heterocycles. The fourth-order valence-electron chi connectivity index (χ4n) is 3.68. The predicted molar refractivity (Wildman–Crippen MR) is 93.1 cm³/mol. The van der Waals surface area contributed by atoms with Crippen molar-refractivity contribution in [1.82, 2.24) is 0 Å². The average molecular weight is 400 g/mol. The Morgan fingerprint density at radius 2 is 0.941 bits per heavy atom. The van der Waals surface area contributed by atoms with Gasteiger partial charge in [0.15, 0.2) is 0 Å². The molecule has 1 saturated carbocycles. The Kier molecular flexibility index (Phi) is 4.06. The van der Waals surface area contributed by atoms with E-state index in [4.69, 9.17) is 0 Å². The molecule has 0 aromatic carbocycles. The third-order valence-electron chi connectivity index (χ3n) is 4.31. The van der Waals surface area contributed by atoms with Gasteiger partial charge in [-0.2, -0.15) is 0 Å². The largest absolute Gasteiger partial charge is 0.0918 e. The van der Waals surface area contributed by atoms with E-state index >= 15 is 0 Å². The van der Waals surface area contributed by atoms with Crippen LogP contribution in [-0.2, 0) is 0 Å². The Hall–Kier alpha value is 1.39. The highest BCUT2D eigenvalue weighted by molar-refractivity contribution is 9.25. The van der Waals surface area contributed by atoms with Crippen LogP contribution < -0.4 is 0 Å². The molecule has 1 aliphatic carbocycles. The van der Waals surface area contributed by atoms with E-state index in [-0.39, 0.29) is 3.23 Å². The minimum absolute atomic E-state index is 0.167. The molecule has 0 heterocycles. The van der Waals surface area contributed by atoms with Crippen molar-refractivity contribution in [3.63, 3.8) is 0 Å². The molecule has 4 heteroatoms. The summed E-state index contributed by atoms with van der Waals surface area (Å²) in [5.41, 5.74) is 0.843. The van der Waals surface area contributed by atoms with Gasteiger partial charge in [-0.15, -0.1) is 0 Å². The Morgan fingerprint density at radius 3 is 1.12 bits per heavy atom. The fraction of sp³-hybridized carbons (Fsp3) is 1.00. The molecule has 0 amide bonds. The molecule has 0 aromatic heterocycles. The summed E-state index contributed by atoms with van der Waals surface area (Å²) in [4.78, 5) is 0. The SMILES string of the molecule is CC1(C[Si](C)(C)C)C(Br)(Br)C1(C)C[Si](C)(C)C. The molecule has 2 unspecified atom stereocenters. The van der Waals surface area contributed by atoms with Crippen molar-refractivity contribution >= 4 is 48.0 Å². The molecule has 0 bridgehead atoms. The van der Waals surface area contributed by atoms with Gasteiger partial charge >= 0.3 is 0 Å². The standard InChI is InChI=1S/C13H28Br2Si2/c1-11(9-16(3,4)5)12(2,13(11,14)15)10-17(6,7)8/h9-10H2,1-8H3. The zero-order valence-corrected chi connectivity index (χ0v) is 17.8. The molecule has 1 fully saturated rings. The Labute approximate surface area is 127 Å². The number of halogens is 2. The summed E-state index contributed by atoms with van der Waals surface area (Å²) in [6, 6.07) is 2.80. The smallest absolute Gasteiger partial charge is 0.0715 e. The zero-order valence-electron chi connectivity index (χ0n) is 12.7. The van der Waals surface area contributed by atoms with Crippen LogP contribution in [0.2, 0.25) is 51.4 Å². The highest BCUT2D eigenvalue weighted by Crippen LogP contribution is 2.84. The Balaban J connectivity index is 2.97. The van der Waals surface area contributed by atoms with Gasteiger partial charge in [0.25, 0.3) is 0 Å². The van der Waals surface area contributed by atoms with Crippen LogP contribution in [0, 0.1) is 10.8 Å². The molecular weight excluding hydrogens is 372 g/mol. The summed E-state index contributed by atoms with van der Waals surface area (Å²) in [5, 5.41) is 0. The van der Waals surface area contributed by atoms with Gasteiger partial charge in [0.05, 0.1) is 3.23 Å². The molecule has 0 N–H and O–H groups in total. The monoisotopic (exact) mass is 398 g/mol. The van der Waals surface area contributed by atoms with E-state index in [1.807, 2.05) is 0 Å². The molecule has 102 valence electrons. The quantitative estimate of drug-likeness (QED) is 0.391. The molecular formula is C13H28Br2Si2. The minimum Gasteiger partial charge on any atom is -0.0715 e. The van der Waals surface area contributed by atoms with Crippen molar-refractivity contribution in [1.29, 1.82) is 0 Å². The maximum Gasteiger partial charge on any atom is 0.0918 e. The molecule has 0 saturated heterocycles. The maximum atomic E-state index is 4.00. The molecule has 17 heavy (non-hydrogen) atoms. The van der Waals surface area contributed by atoms with Gasteiger partial charge in [0, 0.05) is 16.1 Å². The van der Waals surface area contributed by atoms with Crippen LogP contribution in [0.15, 0.2) is 0 Å². The normalized spacial score (nSPS) is 37.1. The van der Waals surface area contributed by atoms with E-state index in [0.29, 0.717) is 10.8 Å². The third-order valence-corrected chi connectivity index (χ3v) is 11.3. The van der Waals surface area contributed by atoms with Crippen molar-refractivity contribution in [2.24, 2.45) is 10.8 Å². The second kappa shape index (κ2) is 4.19. The van der Waals surface area contributed by atoms with Gasteiger partial charge in [-0.25, -0.2) is 0 Å². The van der Waals surface area contributed by atoms with Crippen molar-refractivity contribution in [3.8, 4) is 0 Å². The lowest BCUT2D eigenvalue weighted by Crippen LogP contribution is -2.30. The first-order chi connectivity index (χ1) is 7.16. The lowest BCUT2D eigenvalue weighted by atomic mass is 10.0. The van der Waals surface area contributed by atoms with E-state index in [1.165, 1.54) is 12.1 Å². The number of hydrogen-bond acceptors (Lipinski definition) is 0. The predicted octanol–water partition coefficient (Wildman–Crippen LogP) is 6.18. The van der Waals surface area contributed by atoms with E-state index in [0.717, 1.165) is 0 Å². The van der Waals surface area contributed by atoms with Crippen LogP contribution in [0.5, 0.6) is 0 Å². The van der Waals surface area contributed by atoms with Crippen molar-refractivity contribution in [2.75, 3.05) is 0 Å². The van der Waals surface area contributed by atoms with Crippen LogP contribution in [0.25, 0.3) is 0 Å².